The topological polar surface area (TPSA) is 23.3 Å². The lowest BCUT2D eigenvalue weighted by molar-refractivity contribution is 0.153. The molecule has 4 rings (SSSR count). The first kappa shape index (κ1) is 18.2. The molecular weight excluding hydrogens is 349 g/mol. The average Bonchev–Trinajstić information content (AvgIpc) is 2.72. The van der Waals surface area contributed by atoms with Crippen molar-refractivity contribution in [3.05, 3.63) is 101 Å². The van der Waals surface area contributed by atoms with Gasteiger partial charge in [0.05, 0.1) is 17.5 Å². The molecule has 140 valence electrons. The fraction of sp³-hybridized carbons (Fsp3) is 0.200. The first-order chi connectivity index (χ1) is 13.6. The lowest BCUT2D eigenvalue weighted by Gasteiger charge is -2.23. The zero-order valence-corrected chi connectivity index (χ0v) is 16.1. The third-order valence-electron chi connectivity index (χ3n) is 5.01. The van der Waals surface area contributed by atoms with Gasteiger partial charge in [-0.05, 0) is 53.4 Å². The van der Waals surface area contributed by atoms with E-state index in [0.29, 0.717) is 5.92 Å². The van der Waals surface area contributed by atoms with Crippen molar-refractivity contribution in [2.45, 2.75) is 26.4 Å². The van der Waals surface area contributed by atoms with E-state index in [1.165, 1.54) is 23.3 Å². The fourth-order valence-corrected chi connectivity index (χ4v) is 3.50. The Hall–Kier alpha value is -3.16. The molecule has 1 heterocycles. The maximum absolute atomic E-state index is 13.2. The molecule has 0 radical (unpaired) electrons. The van der Waals surface area contributed by atoms with Crippen LogP contribution in [-0.4, -0.2) is 11.9 Å². The number of rotatable bonds is 5. The minimum atomic E-state index is -0.232. The van der Waals surface area contributed by atoms with E-state index in [-0.39, 0.29) is 11.9 Å². The molecule has 0 aliphatic carbocycles. The molecule has 0 fully saturated rings. The molecule has 0 aromatic heterocycles. The highest BCUT2D eigenvalue weighted by atomic mass is 19.1. The van der Waals surface area contributed by atoms with Gasteiger partial charge in [0.25, 0.3) is 6.21 Å². The van der Waals surface area contributed by atoms with E-state index < -0.39 is 0 Å². The van der Waals surface area contributed by atoms with E-state index in [4.69, 9.17) is 4.74 Å². The molecule has 1 atom stereocenters. The molecule has 3 heteroatoms. The summed E-state index contributed by atoms with van der Waals surface area (Å²) in [5.41, 5.74) is 5.34. The summed E-state index contributed by atoms with van der Waals surface area (Å²) in [7, 11) is 0. The monoisotopic (exact) mass is 372 g/mol. The van der Waals surface area contributed by atoms with Gasteiger partial charge in [0.2, 0.25) is 0 Å². The van der Waals surface area contributed by atoms with Crippen LogP contribution in [0.1, 0.15) is 42.2 Å². The van der Waals surface area contributed by atoms with Gasteiger partial charge in [0.15, 0.2) is 0 Å². The Bertz CT molecular complexity index is 1030. The number of ether oxygens (including phenoxy) is 1. The van der Waals surface area contributed by atoms with Gasteiger partial charge in [-0.2, -0.15) is 0 Å². The zero-order valence-electron chi connectivity index (χ0n) is 16.1. The largest absolute Gasteiger partial charge is 0.485 e. The second kappa shape index (κ2) is 7.84. The van der Waals surface area contributed by atoms with Gasteiger partial charge >= 0.3 is 5.71 Å². The summed E-state index contributed by atoms with van der Waals surface area (Å²) in [5.74, 6) is 0.966. The Kier molecular flexibility index (Phi) is 5.10. The molecule has 0 saturated heterocycles. The maximum atomic E-state index is 13.2. The van der Waals surface area contributed by atoms with Crippen molar-refractivity contribution >= 4 is 11.9 Å². The fourth-order valence-electron chi connectivity index (χ4n) is 3.50. The Labute approximate surface area is 165 Å². The van der Waals surface area contributed by atoms with E-state index in [2.05, 4.69) is 42.8 Å². The number of hydrogen-bond acceptors (Lipinski definition) is 1. The third-order valence-corrected chi connectivity index (χ3v) is 5.01. The highest BCUT2D eigenvalue weighted by Crippen LogP contribution is 2.29. The van der Waals surface area contributed by atoms with Gasteiger partial charge < -0.3 is 4.74 Å². The average molecular weight is 372 g/mol. The highest BCUT2D eigenvalue weighted by molar-refractivity contribution is 6.06. The Morgan fingerprint density at radius 2 is 1.68 bits per heavy atom. The molecule has 0 amide bonds. The summed E-state index contributed by atoms with van der Waals surface area (Å²) in [5, 5.41) is 0. The van der Waals surface area contributed by atoms with Crippen molar-refractivity contribution in [2.75, 3.05) is 0 Å². The molecule has 0 N–H and O–H groups in total. The van der Waals surface area contributed by atoms with E-state index in [9.17, 15) is 4.39 Å². The number of benzene rings is 3. The quantitative estimate of drug-likeness (QED) is 0.569. The number of halogens is 1. The summed E-state index contributed by atoms with van der Waals surface area (Å²) in [4.78, 5) is 0. The molecule has 3 aromatic carbocycles. The van der Waals surface area contributed by atoms with E-state index in [1.54, 1.807) is 12.1 Å². The molecule has 2 nitrogen and oxygen atoms in total. The van der Waals surface area contributed by atoms with Gasteiger partial charge in [0.1, 0.15) is 17.7 Å². The normalized spacial score (nSPS) is 13.8. The van der Waals surface area contributed by atoms with Crippen LogP contribution in [0.3, 0.4) is 0 Å². The second-order valence-electron chi connectivity index (χ2n) is 7.44. The smallest absolute Gasteiger partial charge is 0.315 e. The van der Waals surface area contributed by atoms with Crippen LogP contribution in [0.2, 0.25) is 0 Å². The van der Waals surface area contributed by atoms with E-state index >= 15 is 0 Å². The third kappa shape index (κ3) is 3.90. The SMILES string of the molecule is CC(C)[C@H](Oc1ccc2c(c1)C=[N+]=C(c1ccc(F)cc1)C2)c1ccccc1. The molecular formula is C25H23FNO+. The minimum absolute atomic E-state index is 0.00104. The Morgan fingerprint density at radius 1 is 0.929 bits per heavy atom. The van der Waals surface area contributed by atoms with Gasteiger partial charge in [0, 0.05) is 0 Å². The zero-order chi connectivity index (χ0) is 19.5. The van der Waals surface area contributed by atoms with Crippen molar-refractivity contribution in [1.82, 2.24) is 4.67 Å². The summed E-state index contributed by atoms with van der Waals surface area (Å²) in [6, 6.07) is 23.0. The van der Waals surface area contributed by atoms with Gasteiger partial charge in [-0.1, -0.05) is 54.9 Å². The van der Waals surface area contributed by atoms with Gasteiger partial charge in [-0.3, -0.25) is 0 Å². The van der Waals surface area contributed by atoms with Crippen molar-refractivity contribution in [3.63, 3.8) is 0 Å². The van der Waals surface area contributed by atoms with Crippen LogP contribution in [0.15, 0.2) is 72.8 Å². The molecule has 28 heavy (non-hydrogen) atoms. The van der Waals surface area contributed by atoms with Gasteiger partial charge in [-0.25, -0.2) is 4.39 Å². The highest BCUT2D eigenvalue weighted by Gasteiger charge is 2.23. The van der Waals surface area contributed by atoms with Crippen LogP contribution in [0.4, 0.5) is 4.39 Å². The number of hydrogen-bond donors (Lipinski definition) is 0. The van der Waals surface area contributed by atoms with Crippen LogP contribution in [0.25, 0.3) is 0 Å². The van der Waals surface area contributed by atoms with Gasteiger partial charge in [-0.15, -0.1) is 0 Å². The van der Waals surface area contributed by atoms with Crippen LogP contribution in [0, 0.1) is 11.7 Å². The summed E-state index contributed by atoms with van der Waals surface area (Å²) in [6.45, 7) is 4.34. The van der Waals surface area contributed by atoms with Crippen LogP contribution in [-0.2, 0) is 6.42 Å². The van der Waals surface area contributed by atoms with Crippen molar-refractivity contribution in [3.8, 4) is 5.75 Å². The molecule has 0 saturated carbocycles. The molecule has 3 aromatic rings. The van der Waals surface area contributed by atoms with Crippen LogP contribution >= 0.6 is 0 Å². The molecule has 1 aliphatic heterocycles. The number of nitrogens with zero attached hydrogens (tertiary/aromatic N) is 1. The maximum Gasteiger partial charge on any atom is 0.315 e. The van der Waals surface area contributed by atoms with E-state index in [0.717, 1.165) is 29.0 Å². The lowest BCUT2D eigenvalue weighted by atomic mass is 9.96. The second-order valence-corrected chi connectivity index (χ2v) is 7.44. The summed E-state index contributed by atoms with van der Waals surface area (Å²) < 4.78 is 24.1. The standard InChI is InChI=1S/C25H23FNO/c1-17(2)25(19-6-4-3-5-7-19)28-23-13-10-20-15-24(27-16-21(20)14-23)18-8-11-22(26)12-9-18/h3-14,16-17,25H,15H2,1-2H3/q+1/t25-/m0/s1. The van der Waals surface area contributed by atoms with Crippen molar-refractivity contribution < 1.29 is 9.13 Å². The molecule has 1 aliphatic rings. The molecule has 0 bridgehead atoms. The molecule has 0 spiro atoms. The Morgan fingerprint density at radius 3 is 2.39 bits per heavy atom. The summed E-state index contributed by atoms with van der Waals surface area (Å²) in [6.07, 6.45) is 2.60. The first-order valence-electron chi connectivity index (χ1n) is 9.60. The summed E-state index contributed by atoms with van der Waals surface area (Å²) >= 11 is 0. The van der Waals surface area contributed by atoms with Crippen molar-refractivity contribution in [1.29, 1.82) is 0 Å². The number of fused-ring (bicyclic) bond motifs is 1. The predicted molar refractivity (Wildman–Crippen MR) is 113 cm³/mol. The molecule has 0 unspecified atom stereocenters. The van der Waals surface area contributed by atoms with Crippen LogP contribution < -0.4 is 9.40 Å². The Balaban J connectivity index is 1.59. The van der Waals surface area contributed by atoms with Crippen LogP contribution in [0.5, 0.6) is 5.75 Å². The lowest BCUT2D eigenvalue weighted by Crippen LogP contribution is -2.17. The van der Waals surface area contributed by atoms with E-state index in [1.807, 2.05) is 30.5 Å². The first-order valence-corrected chi connectivity index (χ1v) is 9.60. The van der Waals surface area contributed by atoms with Crippen molar-refractivity contribution in [2.24, 2.45) is 5.92 Å². The minimum Gasteiger partial charge on any atom is -0.485 e. The predicted octanol–water partition coefficient (Wildman–Crippen LogP) is 5.13.